The Balaban J connectivity index is 1.58. The summed E-state index contributed by atoms with van der Waals surface area (Å²) in [6.45, 7) is 0.464. The lowest BCUT2D eigenvalue weighted by molar-refractivity contribution is -0.137. The summed E-state index contributed by atoms with van der Waals surface area (Å²) >= 11 is 0. The first-order valence-corrected chi connectivity index (χ1v) is 9.85. The maximum absolute atomic E-state index is 12.9. The molecular formula is C22H19F3N4O3. The van der Waals surface area contributed by atoms with Crippen molar-refractivity contribution in [2.24, 2.45) is 7.05 Å². The molecule has 1 aliphatic heterocycles. The summed E-state index contributed by atoms with van der Waals surface area (Å²) in [7, 11) is 1.60. The van der Waals surface area contributed by atoms with E-state index in [1.54, 1.807) is 18.0 Å². The number of halogens is 3. The van der Waals surface area contributed by atoms with Crippen LogP contribution in [0, 0.1) is 11.3 Å². The number of pyridine rings is 2. The molecule has 7 nitrogen and oxygen atoms in total. The molecule has 10 heteroatoms. The molecule has 3 aromatic rings. The molecule has 0 radical (unpaired) electrons. The minimum atomic E-state index is -4.49. The first-order valence-electron chi connectivity index (χ1n) is 9.85. The highest BCUT2D eigenvalue weighted by Gasteiger charge is 2.33. The Kier molecular flexibility index (Phi) is 5.52. The number of hydrogen-bond acceptors (Lipinski definition) is 6. The minimum absolute atomic E-state index is 0.0247. The predicted molar refractivity (Wildman–Crippen MR) is 110 cm³/mol. The number of nitriles is 1. The molecule has 4 rings (SSSR count). The number of piperidine rings is 1. The molecule has 0 aliphatic carbocycles. The van der Waals surface area contributed by atoms with Gasteiger partial charge in [-0.3, -0.25) is 4.79 Å². The van der Waals surface area contributed by atoms with E-state index in [4.69, 9.17) is 4.74 Å². The fourth-order valence-electron chi connectivity index (χ4n) is 3.80. The number of benzene rings is 1. The zero-order valence-electron chi connectivity index (χ0n) is 17.0. The maximum Gasteiger partial charge on any atom is 0.416 e. The third kappa shape index (κ3) is 4.11. The number of ether oxygens (including phenoxy) is 1. The van der Waals surface area contributed by atoms with Gasteiger partial charge in [-0.05, 0) is 30.3 Å². The van der Waals surface area contributed by atoms with E-state index in [0.717, 1.165) is 12.1 Å². The fourth-order valence-corrected chi connectivity index (χ4v) is 3.80. The van der Waals surface area contributed by atoms with Crippen LogP contribution in [0.2, 0.25) is 0 Å². The third-order valence-corrected chi connectivity index (χ3v) is 5.49. The average molecular weight is 444 g/mol. The third-order valence-electron chi connectivity index (χ3n) is 5.49. The van der Waals surface area contributed by atoms with Gasteiger partial charge in [-0.1, -0.05) is 6.07 Å². The summed E-state index contributed by atoms with van der Waals surface area (Å²) in [6, 6.07) is 11.1. The summed E-state index contributed by atoms with van der Waals surface area (Å²) < 4.78 is 45.9. The first kappa shape index (κ1) is 21.6. The van der Waals surface area contributed by atoms with Crippen molar-refractivity contribution in [3.63, 3.8) is 0 Å². The summed E-state index contributed by atoms with van der Waals surface area (Å²) in [6.07, 6.45) is -5.91. The van der Waals surface area contributed by atoms with Crippen LogP contribution in [0.1, 0.15) is 17.7 Å². The molecule has 2 atom stereocenters. The molecule has 0 spiro atoms. The van der Waals surface area contributed by atoms with Crippen molar-refractivity contribution in [2.45, 2.75) is 24.8 Å². The quantitative estimate of drug-likeness (QED) is 0.668. The number of aliphatic hydroxyl groups is 1. The van der Waals surface area contributed by atoms with E-state index in [-0.39, 0.29) is 23.5 Å². The molecule has 0 amide bonds. The predicted octanol–water partition coefficient (Wildman–Crippen LogP) is 2.84. The van der Waals surface area contributed by atoms with E-state index in [1.165, 1.54) is 28.8 Å². The normalized spacial score (nSPS) is 19.1. The molecule has 1 N–H and O–H groups in total. The lowest BCUT2D eigenvalue weighted by Crippen LogP contribution is -2.49. The Labute approximate surface area is 180 Å². The molecule has 1 fully saturated rings. The van der Waals surface area contributed by atoms with Crippen molar-refractivity contribution in [1.82, 2.24) is 9.55 Å². The molecule has 1 aromatic carbocycles. The Morgan fingerprint density at radius 2 is 2.03 bits per heavy atom. The lowest BCUT2D eigenvalue weighted by Gasteiger charge is -2.37. The topological polar surface area (TPSA) is 91.4 Å². The van der Waals surface area contributed by atoms with Gasteiger partial charge in [0.25, 0.3) is 5.56 Å². The van der Waals surface area contributed by atoms with Crippen LogP contribution >= 0.6 is 0 Å². The number of aromatic nitrogens is 2. The monoisotopic (exact) mass is 444 g/mol. The van der Waals surface area contributed by atoms with Gasteiger partial charge in [0.2, 0.25) is 0 Å². The van der Waals surface area contributed by atoms with Gasteiger partial charge in [0.05, 0.1) is 16.8 Å². The number of β-amino-alcohol motifs (C(OH)–C–C–N with tert-alkyl or cyclic N) is 1. The van der Waals surface area contributed by atoms with Crippen LogP contribution in [0.4, 0.5) is 18.9 Å². The van der Waals surface area contributed by atoms with Crippen LogP contribution in [0.5, 0.6) is 5.75 Å². The smallest absolute Gasteiger partial charge is 0.416 e. The van der Waals surface area contributed by atoms with Gasteiger partial charge in [0.15, 0.2) is 0 Å². The number of aryl methyl sites for hydroxylation is 1. The minimum Gasteiger partial charge on any atom is -0.488 e. The van der Waals surface area contributed by atoms with Gasteiger partial charge in [0, 0.05) is 32.6 Å². The van der Waals surface area contributed by atoms with E-state index in [0.29, 0.717) is 29.7 Å². The molecule has 3 heterocycles. The Bertz CT molecular complexity index is 1270. The van der Waals surface area contributed by atoms with Gasteiger partial charge < -0.3 is 19.3 Å². The average Bonchev–Trinajstić information content (AvgIpc) is 2.77. The molecular weight excluding hydrogens is 425 g/mol. The van der Waals surface area contributed by atoms with Gasteiger partial charge in [0.1, 0.15) is 35.2 Å². The second-order valence-electron chi connectivity index (χ2n) is 7.59. The van der Waals surface area contributed by atoms with Crippen molar-refractivity contribution in [1.29, 1.82) is 5.26 Å². The molecule has 32 heavy (non-hydrogen) atoms. The van der Waals surface area contributed by atoms with Gasteiger partial charge in [-0.25, -0.2) is 4.98 Å². The van der Waals surface area contributed by atoms with E-state index in [2.05, 4.69) is 4.98 Å². The second-order valence-corrected chi connectivity index (χ2v) is 7.59. The van der Waals surface area contributed by atoms with Crippen molar-refractivity contribution in [3.8, 4) is 11.8 Å². The SMILES string of the molecule is Cn1c(=O)cc(N2CC[C@@H](Oc3cccc(C(F)(F)F)c3)[C@H](O)C2)c2nc(C#N)ccc21. The highest BCUT2D eigenvalue weighted by molar-refractivity contribution is 5.88. The van der Waals surface area contributed by atoms with Crippen molar-refractivity contribution in [2.75, 3.05) is 18.0 Å². The van der Waals surface area contributed by atoms with Gasteiger partial charge >= 0.3 is 6.18 Å². The number of nitrogens with zero attached hydrogens (tertiary/aromatic N) is 4. The summed E-state index contributed by atoms with van der Waals surface area (Å²) in [5, 5.41) is 19.8. The highest BCUT2D eigenvalue weighted by Crippen LogP contribution is 2.33. The molecule has 0 saturated carbocycles. The molecule has 1 saturated heterocycles. The Morgan fingerprint density at radius 3 is 2.72 bits per heavy atom. The molecule has 0 bridgehead atoms. The van der Waals surface area contributed by atoms with Crippen LogP contribution in [0.25, 0.3) is 11.0 Å². The second kappa shape index (κ2) is 8.16. The van der Waals surface area contributed by atoms with Crippen molar-refractivity contribution >= 4 is 16.7 Å². The zero-order valence-corrected chi connectivity index (χ0v) is 17.0. The maximum atomic E-state index is 12.9. The summed E-state index contributed by atoms with van der Waals surface area (Å²) in [4.78, 5) is 18.5. The number of alkyl halides is 3. The number of fused-ring (bicyclic) bond motifs is 1. The largest absolute Gasteiger partial charge is 0.488 e. The lowest BCUT2D eigenvalue weighted by atomic mass is 10.0. The van der Waals surface area contributed by atoms with Gasteiger partial charge in [-0.15, -0.1) is 0 Å². The van der Waals surface area contributed by atoms with Crippen LogP contribution in [-0.2, 0) is 13.2 Å². The van der Waals surface area contributed by atoms with E-state index in [9.17, 15) is 28.3 Å². The Morgan fingerprint density at radius 1 is 1.25 bits per heavy atom. The van der Waals surface area contributed by atoms with Crippen LogP contribution in [0.3, 0.4) is 0 Å². The first-order chi connectivity index (χ1) is 15.2. The molecule has 2 aromatic heterocycles. The number of hydrogen-bond donors (Lipinski definition) is 1. The van der Waals surface area contributed by atoms with E-state index in [1.807, 2.05) is 6.07 Å². The standard InChI is InChI=1S/C22H19F3N4O3/c1-28-16-6-5-14(11-26)27-21(16)17(10-20(28)31)29-8-7-19(18(30)12-29)32-15-4-2-3-13(9-15)22(23,24)25/h2-6,9-10,18-19,30H,7-8,12H2,1H3/t18-,19-/m1/s1. The van der Waals surface area contributed by atoms with Gasteiger partial charge in [-0.2, -0.15) is 18.4 Å². The summed E-state index contributed by atoms with van der Waals surface area (Å²) in [5.41, 5.74) is 0.583. The summed E-state index contributed by atoms with van der Waals surface area (Å²) in [5.74, 6) is 0.0247. The van der Waals surface area contributed by atoms with Crippen molar-refractivity contribution in [3.05, 3.63) is 64.1 Å². The molecule has 166 valence electrons. The van der Waals surface area contributed by atoms with Crippen LogP contribution < -0.4 is 15.2 Å². The zero-order chi connectivity index (χ0) is 23.0. The molecule has 1 aliphatic rings. The fraction of sp³-hybridized carbons (Fsp3) is 0.318. The number of aliphatic hydroxyl groups excluding tert-OH is 1. The molecule has 0 unspecified atom stereocenters. The van der Waals surface area contributed by atoms with Crippen LogP contribution in [0.15, 0.2) is 47.3 Å². The number of rotatable bonds is 3. The number of anilines is 1. The highest BCUT2D eigenvalue weighted by atomic mass is 19.4. The van der Waals surface area contributed by atoms with Crippen LogP contribution in [-0.4, -0.2) is 40.0 Å². The van der Waals surface area contributed by atoms with Crippen molar-refractivity contribution < 1.29 is 23.0 Å². The van der Waals surface area contributed by atoms with E-state index < -0.39 is 23.9 Å². The van der Waals surface area contributed by atoms with E-state index >= 15 is 0 Å². The Hall–Kier alpha value is -3.58.